The maximum atomic E-state index is 9.84. The van der Waals surface area contributed by atoms with Crippen molar-refractivity contribution in [2.75, 3.05) is 7.11 Å². The Morgan fingerprint density at radius 2 is 2.35 bits per heavy atom. The summed E-state index contributed by atoms with van der Waals surface area (Å²) in [4.78, 5) is 0.957. The molecule has 0 amide bonds. The van der Waals surface area contributed by atoms with Crippen LogP contribution in [0, 0.1) is 4.77 Å². The van der Waals surface area contributed by atoms with Crippen molar-refractivity contribution in [2.24, 2.45) is 5.10 Å². The number of methoxy groups -OCH3 is 1. The predicted octanol–water partition coefficient (Wildman–Crippen LogP) is 4.03. The Hall–Kier alpha value is -1.97. The van der Waals surface area contributed by atoms with Gasteiger partial charge in [-0.15, -0.1) is 11.3 Å². The third-order valence-electron chi connectivity index (χ3n) is 2.98. The number of hydrogen-bond donors (Lipinski definition) is 2. The molecular formula is C14H11BrN4O2S2. The van der Waals surface area contributed by atoms with Crippen LogP contribution >= 0.6 is 39.5 Å². The number of nitrogens with one attached hydrogen (secondary N) is 1. The summed E-state index contributed by atoms with van der Waals surface area (Å²) < 4.78 is 7.59. The van der Waals surface area contributed by atoms with Crippen LogP contribution in [0.5, 0.6) is 11.5 Å². The van der Waals surface area contributed by atoms with Gasteiger partial charge in [0, 0.05) is 0 Å². The van der Waals surface area contributed by atoms with Gasteiger partial charge in [-0.3, -0.25) is 0 Å². The molecule has 0 spiro atoms. The Balaban J connectivity index is 2.00. The Kier molecular flexibility index (Phi) is 4.60. The molecule has 118 valence electrons. The average molecular weight is 411 g/mol. The number of aromatic nitrogens is 3. The number of halogens is 1. The van der Waals surface area contributed by atoms with E-state index in [0.717, 1.165) is 10.4 Å². The van der Waals surface area contributed by atoms with Gasteiger partial charge in [-0.25, -0.2) is 5.10 Å². The van der Waals surface area contributed by atoms with Gasteiger partial charge in [0.15, 0.2) is 17.3 Å². The molecule has 0 radical (unpaired) electrons. The largest absolute Gasteiger partial charge is 0.503 e. The van der Waals surface area contributed by atoms with E-state index < -0.39 is 0 Å². The zero-order chi connectivity index (χ0) is 16.4. The number of phenolic OH excluding ortho intramolecular Hbond substituents is 1. The Morgan fingerprint density at radius 3 is 3.04 bits per heavy atom. The van der Waals surface area contributed by atoms with E-state index >= 15 is 0 Å². The average Bonchev–Trinajstić information content (AvgIpc) is 3.18. The molecule has 0 fully saturated rings. The number of phenols is 1. The number of rotatable bonds is 4. The van der Waals surface area contributed by atoms with Gasteiger partial charge in [-0.05, 0) is 57.3 Å². The molecule has 3 rings (SSSR count). The quantitative estimate of drug-likeness (QED) is 0.502. The summed E-state index contributed by atoms with van der Waals surface area (Å²) >= 11 is 10.1. The highest BCUT2D eigenvalue weighted by Gasteiger charge is 2.10. The molecule has 3 aromatic rings. The summed E-state index contributed by atoms with van der Waals surface area (Å²) in [6.07, 6.45) is 1.62. The first kappa shape index (κ1) is 15.9. The summed E-state index contributed by atoms with van der Waals surface area (Å²) in [5, 5.41) is 23.1. The summed E-state index contributed by atoms with van der Waals surface area (Å²) in [7, 11) is 1.49. The Morgan fingerprint density at radius 1 is 1.52 bits per heavy atom. The van der Waals surface area contributed by atoms with Gasteiger partial charge in [-0.1, -0.05) is 6.07 Å². The maximum Gasteiger partial charge on any atom is 0.216 e. The zero-order valence-electron chi connectivity index (χ0n) is 11.9. The van der Waals surface area contributed by atoms with Crippen molar-refractivity contribution in [3.63, 3.8) is 0 Å². The lowest BCUT2D eigenvalue weighted by molar-refractivity contribution is 0.372. The summed E-state index contributed by atoms with van der Waals surface area (Å²) in [5.41, 5.74) is 0.742. The fourth-order valence-corrected chi connectivity index (χ4v) is 3.25. The fraction of sp³-hybridized carbons (Fsp3) is 0.0714. The minimum absolute atomic E-state index is 0.0452. The van der Waals surface area contributed by atoms with E-state index in [9.17, 15) is 5.11 Å². The van der Waals surface area contributed by atoms with Crippen molar-refractivity contribution in [1.82, 2.24) is 14.9 Å². The minimum Gasteiger partial charge on any atom is -0.503 e. The van der Waals surface area contributed by atoms with E-state index in [-0.39, 0.29) is 5.75 Å². The number of aromatic amines is 1. The Bertz CT molecular complexity index is 916. The molecule has 9 heteroatoms. The predicted molar refractivity (Wildman–Crippen MR) is 96.1 cm³/mol. The standard InChI is InChI=1S/C14H11BrN4O2S2/c1-21-10-6-8(5-9(15)12(10)20)7-16-19-13(17-18-14(19)22)11-3-2-4-23-11/h2-7,20H,1H3,(H,18,22)/b16-7+. The third kappa shape index (κ3) is 3.21. The lowest BCUT2D eigenvalue weighted by Gasteiger charge is -2.06. The van der Waals surface area contributed by atoms with E-state index in [1.54, 1.807) is 34.4 Å². The second-order valence-corrected chi connectivity index (χ2v) is 6.63. The number of aromatic hydroxyl groups is 1. The molecule has 0 aliphatic rings. The molecule has 23 heavy (non-hydrogen) atoms. The number of hydrogen-bond acceptors (Lipinski definition) is 6. The molecule has 0 aliphatic heterocycles. The second kappa shape index (κ2) is 6.65. The molecule has 0 bridgehead atoms. The molecule has 1 aromatic carbocycles. The van der Waals surface area contributed by atoms with Gasteiger partial charge in [0.25, 0.3) is 0 Å². The monoisotopic (exact) mass is 410 g/mol. The van der Waals surface area contributed by atoms with E-state index in [0.29, 0.717) is 20.8 Å². The SMILES string of the molecule is COc1cc(/C=N/n2c(-c3cccs3)n[nH]c2=S)cc(Br)c1O. The topological polar surface area (TPSA) is 75.4 Å². The van der Waals surface area contributed by atoms with Gasteiger partial charge in [0.05, 0.1) is 22.7 Å². The number of thiophene rings is 1. The van der Waals surface area contributed by atoms with Crippen LogP contribution in [-0.4, -0.2) is 33.3 Å². The first-order valence-corrected chi connectivity index (χ1v) is 8.50. The first-order chi connectivity index (χ1) is 11.1. The van der Waals surface area contributed by atoms with Gasteiger partial charge in [-0.2, -0.15) is 14.9 Å². The molecule has 0 unspecified atom stereocenters. The number of H-pyrrole nitrogens is 1. The molecule has 2 N–H and O–H groups in total. The Labute approximate surface area is 149 Å². The number of nitrogens with zero attached hydrogens (tertiary/aromatic N) is 3. The molecule has 0 saturated carbocycles. The van der Waals surface area contributed by atoms with E-state index in [4.69, 9.17) is 17.0 Å². The van der Waals surface area contributed by atoms with Crippen molar-refractivity contribution in [3.8, 4) is 22.2 Å². The second-order valence-electron chi connectivity index (χ2n) is 4.44. The molecule has 2 heterocycles. The van der Waals surface area contributed by atoms with Gasteiger partial charge < -0.3 is 9.84 Å². The smallest absolute Gasteiger partial charge is 0.216 e. The van der Waals surface area contributed by atoms with E-state index in [2.05, 4.69) is 31.2 Å². The van der Waals surface area contributed by atoms with Gasteiger partial charge in [0.1, 0.15) is 0 Å². The third-order valence-corrected chi connectivity index (χ3v) is 4.72. The van der Waals surface area contributed by atoms with Crippen LogP contribution in [0.4, 0.5) is 0 Å². The van der Waals surface area contributed by atoms with Crippen molar-refractivity contribution >= 4 is 45.7 Å². The van der Waals surface area contributed by atoms with Crippen molar-refractivity contribution < 1.29 is 9.84 Å². The molecule has 0 aliphatic carbocycles. The molecule has 2 aromatic heterocycles. The maximum absolute atomic E-state index is 9.84. The fourth-order valence-electron chi connectivity index (χ4n) is 1.91. The van der Waals surface area contributed by atoms with Crippen LogP contribution < -0.4 is 4.74 Å². The zero-order valence-corrected chi connectivity index (χ0v) is 15.1. The normalized spacial score (nSPS) is 11.2. The summed E-state index contributed by atoms with van der Waals surface area (Å²) in [5.74, 6) is 1.05. The lowest BCUT2D eigenvalue weighted by atomic mass is 10.2. The van der Waals surface area contributed by atoms with Crippen LogP contribution in [0.25, 0.3) is 10.7 Å². The van der Waals surface area contributed by atoms with Crippen LogP contribution in [0.15, 0.2) is 39.2 Å². The van der Waals surface area contributed by atoms with Crippen LogP contribution in [-0.2, 0) is 0 Å². The van der Waals surface area contributed by atoms with Crippen molar-refractivity contribution in [3.05, 3.63) is 44.5 Å². The van der Waals surface area contributed by atoms with Crippen LogP contribution in [0.3, 0.4) is 0 Å². The highest BCUT2D eigenvalue weighted by molar-refractivity contribution is 9.10. The molecule has 0 atom stereocenters. The summed E-state index contributed by atoms with van der Waals surface area (Å²) in [6.45, 7) is 0. The highest BCUT2D eigenvalue weighted by Crippen LogP contribution is 2.34. The number of ether oxygens (including phenoxy) is 1. The first-order valence-electron chi connectivity index (χ1n) is 6.42. The number of benzene rings is 1. The summed E-state index contributed by atoms with van der Waals surface area (Å²) in [6, 6.07) is 7.30. The minimum atomic E-state index is 0.0452. The van der Waals surface area contributed by atoms with Crippen LogP contribution in [0.2, 0.25) is 0 Å². The van der Waals surface area contributed by atoms with E-state index in [1.165, 1.54) is 7.11 Å². The van der Waals surface area contributed by atoms with Crippen molar-refractivity contribution in [1.29, 1.82) is 0 Å². The highest BCUT2D eigenvalue weighted by atomic mass is 79.9. The lowest BCUT2D eigenvalue weighted by Crippen LogP contribution is -1.94. The van der Waals surface area contributed by atoms with E-state index in [1.807, 2.05) is 17.5 Å². The van der Waals surface area contributed by atoms with Crippen molar-refractivity contribution in [2.45, 2.75) is 0 Å². The van der Waals surface area contributed by atoms with Crippen LogP contribution in [0.1, 0.15) is 5.56 Å². The molecule has 6 nitrogen and oxygen atoms in total. The molecular weight excluding hydrogens is 400 g/mol. The molecule has 0 saturated heterocycles. The van der Waals surface area contributed by atoms with Gasteiger partial charge in [0.2, 0.25) is 4.77 Å². The van der Waals surface area contributed by atoms with Gasteiger partial charge >= 0.3 is 0 Å².